The van der Waals surface area contributed by atoms with Crippen LogP contribution in [0, 0.1) is 0 Å². The van der Waals surface area contributed by atoms with Gasteiger partial charge in [-0.05, 0) is 24.6 Å². The molecule has 0 atom stereocenters. The minimum atomic E-state index is 0.131. The molecule has 2 aliphatic heterocycles. The molecule has 1 saturated heterocycles. The smallest absolute Gasteiger partial charge is 0.228 e. The molecule has 1 amide bonds. The van der Waals surface area contributed by atoms with E-state index in [1.54, 1.807) is 17.3 Å². The van der Waals surface area contributed by atoms with E-state index >= 15 is 0 Å². The molecular weight excluding hydrogens is 350 g/mol. The summed E-state index contributed by atoms with van der Waals surface area (Å²) in [6, 6.07) is 8.20. The van der Waals surface area contributed by atoms with E-state index in [4.69, 9.17) is 11.6 Å². The molecule has 0 radical (unpaired) electrons. The van der Waals surface area contributed by atoms with E-state index in [2.05, 4.69) is 31.6 Å². The summed E-state index contributed by atoms with van der Waals surface area (Å²) in [6.45, 7) is 3.24. The largest absolute Gasteiger partial charge is 0.348 e. The molecule has 1 fully saturated rings. The normalized spacial score (nSPS) is 17.2. The lowest BCUT2D eigenvalue weighted by Gasteiger charge is -2.29. The van der Waals surface area contributed by atoms with E-state index in [1.165, 1.54) is 11.2 Å². The number of hydrogen-bond donors (Lipinski definition) is 0. The van der Waals surface area contributed by atoms with Gasteiger partial charge in [-0.1, -0.05) is 17.7 Å². The number of amides is 1. The summed E-state index contributed by atoms with van der Waals surface area (Å²) in [5.41, 5.74) is 2.40. The quantitative estimate of drug-likeness (QED) is 0.697. The minimum Gasteiger partial charge on any atom is -0.348 e. The van der Waals surface area contributed by atoms with Crippen molar-refractivity contribution in [1.82, 2.24) is 14.5 Å². The first-order valence-electron chi connectivity index (χ1n) is 8.85. The fraction of sp³-hybridized carbons (Fsp3) is 0.316. The van der Waals surface area contributed by atoms with Crippen molar-refractivity contribution in [2.24, 2.45) is 0 Å². The molecule has 1 aromatic carbocycles. The summed E-state index contributed by atoms with van der Waals surface area (Å²) in [7, 11) is 0. The Kier molecular flexibility index (Phi) is 3.60. The van der Waals surface area contributed by atoms with Gasteiger partial charge in [0.2, 0.25) is 5.91 Å². The molecule has 0 unspecified atom stereocenters. The van der Waals surface area contributed by atoms with Gasteiger partial charge in [-0.2, -0.15) is 0 Å². The molecule has 2 aromatic heterocycles. The average Bonchev–Trinajstić information content (AvgIpc) is 3.26. The summed E-state index contributed by atoms with van der Waals surface area (Å²) >= 11 is 6.34. The number of fused-ring (bicyclic) bond motifs is 3. The van der Waals surface area contributed by atoms with Gasteiger partial charge < -0.3 is 9.47 Å². The van der Waals surface area contributed by atoms with Crippen LogP contribution in [0.3, 0.4) is 0 Å². The van der Waals surface area contributed by atoms with Crippen LogP contribution in [-0.2, 0) is 17.9 Å². The van der Waals surface area contributed by atoms with Crippen molar-refractivity contribution >= 4 is 40.0 Å². The molecule has 4 heterocycles. The number of benzene rings is 1. The third-order valence-electron chi connectivity index (χ3n) is 5.22. The van der Waals surface area contributed by atoms with Crippen LogP contribution in [0.1, 0.15) is 18.5 Å². The van der Waals surface area contributed by atoms with Crippen LogP contribution in [0.15, 0.2) is 36.7 Å². The second kappa shape index (κ2) is 5.99. The number of nitrogens with zero attached hydrogens (tertiary/aromatic N) is 5. The van der Waals surface area contributed by atoms with Crippen molar-refractivity contribution in [1.29, 1.82) is 0 Å². The maximum atomic E-state index is 11.8. The predicted molar refractivity (Wildman–Crippen MR) is 102 cm³/mol. The van der Waals surface area contributed by atoms with Crippen LogP contribution in [0.25, 0.3) is 10.9 Å². The highest BCUT2D eigenvalue weighted by molar-refractivity contribution is 6.35. The Morgan fingerprint density at radius 3 is 2.65 bits per heavy atom. The Balaban J connectivity index is 1.41. The topological polar surface area (TPSA) is 54.3 Å². The third-order valence-corrected chi connectivity index (χ3v) is 5.55. The summed E-state index contributed by atoms with van der Waals surface area (Å²) in [5.74, 6) is 1.61. The highest BCUT2D eigenvalue weighted by Crippen LogP contribution is 2.30. The Morgan fingerprint density at radius 1 is 1.04 bits per heavy atom. The van der Waals surface area contributed by atoms with Crippen LogP contribution in [0.2, 0.25) is 5.02 Å². The van der Waals surface area contributed by atoms with E-state index in [-0.39, 0.29) is 5.91 Å². The molecule has 0 aliphatic carbocycles. The van der Waals surface area contributed by atoms with Gasteiger partial charge in [0.15, 0.2) is 5.82 Å². The number of rotatable bonds is 2. The average molecular weight is 368 g/mol. The lowest BCUT2D eigenvalue weighted by molar-refractivity contribution is -0.117. The van der Waals surface area contributed by atoms with Crippen LogP contribution in [0.4, 0.5) is 11.6 Å². The molecule has 0 bridgehead atoms. The van der Waals surface area contributed by atoms with Crippen LogP contribution in [0.5, 0.6) is 0 Å². The zero-order valence-corrected chi connectivity index (χ0v) is 15.0. The number of carbonyl (C=O) groups is 1. The maximum absolute atomic E-state index is 11.8. The van der Waals surface area contributed by atoms with Crippen molar-refractivity contribution in [3.63, 3.8) is 0 Å². The first kappa shape index (κ1) is 15.6. The first-order chi connectivity index (χ1) is 12.7. The summed E-state index contributed by atoms with van der Waals surface area (Å²) in [6.07, 6.45) is 4.97. The second-order valence-electron chi connectivity index (χ2n) is 6.76. The highest BCUT2D eigenvalue weighted by atomic mass is 35.5. The van der Waals surface area contributed by atoms with Gasteiger partial charge in [0.1, 0.15) is 5.82 Å². The van der Waals surface area contributed by atoms with Crippen molar-refractivity contribution in [2.45, 2.75) is 25.9 Å². The molecule has 26 heavy (non-hydrogen) atoms. The van der Waals surface area contributed by atoms with Crippen molar-refractivity contribution in [2.75, 3.05) is 22.9 Å². The van der Waals surface area contributed by atoms with Crippen molar-refractivity contribution < 1.29 is 4.79 Å². The Bertz CT molecular complexity index is 997. The number of anilines is 2. The van der Waals surface area contributed by atoms with Gasteiger partial charge in [-0.3, -0.25) is 9.69 Å². The van der Waals surface area contributed by atoms with E-state index in [1.807, 2.05) is 12.1 Å². The van der Waals surface area contributed by atoms with E-state index in [9.17, 15) is 4.79 Å². The number of hydrogen-bond acceptors (Lipinski definition) is 4. The summed E-state index contributed by atoms with van der Waals surface area (Å²) in [4.78, 5) is 24.8. The molecule has 0 spiro atoms. The molecular formula is C19H18ClN5O. The SMILES string of the molecule is O=C1CCCN1c1cnc(N2CCn3c(cc4c(Cl)cccc43)C2)cn1. The molecule has 7 heteroatoms. The van der Waals surface area contributed by atoms with Gasteiger partial charge in [0.25, 0.3) is 0 Å². The fourth-order valence-corrected chi connectivity index (χ4v) is 4.12. The highest BCUT2D eigenvalue weighted by Gasteiger charge is 2.24. The molecule has 6 nitrogen and oxygen atoms in total. The van der Waals surface area contributed by atoms with Crippen molar-refractivity contribution in [3.8, 4) is 0 Å². The van der Waals surface area contributed by atoms with Gasteiger partial charge >= 0.3 is 0 Å². The molecule has 0 saturated carbocycles. The zero-order valence-electron chi connectivity index (χ0n) is 14.2. The lowest BCUT2D eigenvalue weighted by atomic mass is 10.2. The monoisotopic (exact) mass is 367 g/mol. The number of halogens is 1. The lowest BCUT2D eigenvalue weighted by Crippen LogP contribution is -2.34. The first-order valence-corrected chi connectivity index (χ1v) is 9.22. The second-order valence-corrected chi connectivity index (χ2v) is 7.17. The standard InChI is InChI=1S/C19H18ClN5O/c20-15-3-1-4-16-14(15)9-13-12-23(7-8-24(13)16)17-10-22-18(11-21-17)25-6-2-5-19(25)26/h1,3-4,9-11H,2,5-8,12H2. The van der Waals surface area contributed by atoms with Crippen LogP contribution in [-0.4, -0.2) is 33.5 Å². The third kappa shape index (κ3) is 2.44. The van der Waals surface area contributed by atoms with Gasteiger partial charge in [0, 0.05) is 47.7 Å². The molecule has 0 N–H and O–H groups in total. The van der Waals surface area contributed by atoms with Gasteiger partial charge in [-0.25, -0.2) is 9.97 Å². The van der Waals surface area contributed by atoms with E-state index in [0.29, 0.717) is 12.2 Å². The van der Waals surface area contributed by atoms with Crippen molar-refractivity contribution in [3.05, 3.63) is 47.4 Å². The van der Waals surface area contributed by atoms with Crippen LogP contribution < -0.4 is 9.80 Å². The Labute approximate surface area is 156 Å². The van der Waals surface area contributed by atoms with E-state index in [0.717, 1.165) is 48.8 Å². The maximum Gasteiger partial charge on any atom is 0.228 e. The number of aromatic nitrogens is 3. The molecule has 3 aromatic rings. The Hall–Kier alpha value is -2.60. The summed E-state index contributed by atoms with van der Waals surface area (Å²) < 4.78 is 2.32. The zero-order chi connectivity index (χ0) is 17.7. The van der Waals surface area contributed by atoms with Crippen LogP contribution >= 0.6 is 11.6 Å². The minimum absolute atomic E-state index is 0.131. The predicted octanol–water partition coefficient (Wildman–Crippen LogP) is 3.23. The molecule has 2 aliphatic rings. The number of carbonyl (C=O) groups excluding carboxylic acids is 1. The van der Waals surface area contributed by atoms with E-state index < -0.39 is 0 Å². The molecule has 132 valence electrons. The van der Waals surface area contributed by atoms with Gasteiger partial charge in [-0.15, -0.1) is 0 Å². The Morgan fingerprint density at radius 2 is 1.88 bits per heavy atom. The van der Waals surface area contributed by atoms with Gasteiger partial charge in [0.05, 0.1) is 18.9 Å². The summed E-state index contributed by atoms with van der Waals surface area (Å²) in [5, 5.41) is 1.88. The fourth-order valence-electron chi connectivity index (χ4n) is 3.90. The molecule has 5 rings (SSSR count).